The lowest BCUT2D eigenvalue weighted by molar-refractivity contribution is -0.274. The number of nitrogens with one attached hydrogen (secondary N) is 1. The molecule has 0 atom stereocenters. The quantitative estimate of drug-likeness (QED) is 0.266. The summed E-state index contributed by atoms with van der Waals surface area (Å²) in [5.41, 5.74) is -0.838. The lowest BCUT2D eigenvalue weighted by Gasteiger charge is -2.17. The fraction of sp³-hybridized carbons (Fsp3) is 0.115. The minimum Gasteiger partial charge on any atom is -0.406 e. The summed E-state index contributed by atoms with van der Waals surface area (Å²) in [7, 11) is 0. The number of anilines is 2. The van der Waals surface area contributed by atoms with Crippen LogP contribution in [-0.2, 0) is 15.8 Å². The zero-order chi connectivity index (χ0) is 28.2. The van der Waals surface area contributed by atoms with Gasteiger partial charge in [-0.25, -0.2) is 4.99 Å². The molecule has 0 saturated heterocycles. The van der Waals surface area contributed by atoms with Crippen molar-refractivity contribution in [1.82, 2.24) is 0 Å². The predicted octanol–water partition coefficient (Wildman–Crippen LogP) is 6.72. The molecule has 0 spiro atoms. The number of hydrogen-bond acceptors (Lipinski definition) is 5. The van der Waals surface area contributed by atoms with E-state index in [1.54, 1.807) is 30.3 Å². The molecule has 0 aromatic heterocycles. The van der Waals surface area contributed by atoms with Crippen molar-refractivity contribution < 1.29 is 40.7 Å². The van der Waals surface area contributed by atoms with Gasteiger partial charge in [-0.1, -0.05) is 48.2 Å². The minimum absolute atomic E-state index is 0.0611. The van der Waals surface area contributed by atoms with Gasteiger partial charge >= 0.3 is 12.5 Å². The summed E-state index contributed by atoms with van der Waals surface area (Å²) in [6.45, 7) is 0. The molecule has 3 aromatic carbocycles. The Labute approximate surface area is 222 Å². The molecule has 0 unspecified atom stereocenters. The van der Waals surface area contributed by atoms with Crippen LogP contribution in [0.4, 0.5) is 37.7 Å². The van der Waals surface area contributed by atoms with Gasteiger partial charge in [0.2, 0.25) is 5.91 Å². The molecule has 13 heteroatoms. The molecule has 1 N–H and O–H groups in total. The highest BCUT2D eigenvalue weighted by Gasteiger charge is 2.35. The minimum atomic E-state index is -4.85. The first-order valence-corrected chi connectivity index (χ1v) is 12.0. The Hall–Kier alpha value is -4.26. The monoisotopic (exact) mass is 565 g/mol. The van der Waals surface area contributed by atoms with Crippen LogP contribution in [0.1, 0.15) is 11.1 Å². The maximum absolute atomic E-state index is 13.5. The molecule has 6 nitrogen and oxygen atoms in total. The number of nitrogens with zero attached hydrogens (tertiary/aromatic N) is 2. The summed E-state index contributed by atoms with van der Waals surface area (Å²) in [6, 6.07) is 17.5. The van der Waals surface area contributed by atoms with Gasteiger partial charge in [-0.2, -0.15) is 13.2 Å². The van der Waals surface area contributed by atoms with Crippen molar-refractivity contribution in [2.45, 2.75) is 12.5 Å². The van der Waals surface area contributed by atoms with Crippen LogP contribution in [-0.4, -0.2) is 29.1 Å². The van der Waals surface area contributed by atoms with Crippen molar-refractivity contribution in [1.29, 1.82) is 0 Å². The molecule has 0 radical (unpaired) electrons. The van der Waals surface area contributed by atoms with Crippen molar-refractivity contribution >= 4 is 46.2 Å². The molecular weight excluding hydrogens is 548 g/mol. The summed E-state index contributed by atoms with van der Waals surface area (Å²) >= 11 is 0.860. The number of alkyl halides is 6. The topological polar surface area (TPSA) is 71.0 Å². The van der Waals surface area contributed by atoms with Crippen LogP contribution >= 0.6 is 11.8 Å². The van der Waals surface area contributed by atoms with Crippen LogP contribution in [0.3, 0.4) is 0 Å². The largest absolute Gasteiger partial charge is 0.573 e. The van der Waals surface area contributed by atoms with E-state index in [0.717, 1.165) is 36.0 Å². The number of carbonyl (C=O) groups is 2. The third-order valence-electron chi connectivity index (χ3n) is 5.11. The van der Waals surface area contributed by atoms with Gasteiger partial charge in [-0.05, 0) is 54.1 Å². The predicted molar refractivity (Wildman–Crippen MR) is 135 cm³/mol. The average molecular weight is 565 g/mol. The van der Waals surface area contributed by atoms with E-state index in [-0.39, 0.29) is 27.9 Å². The van der Waals surface area contributed by atoms with Gasteiger partial charge in [0.25, 0.3) is 5.91 Å². The second-order valence-electron chi connectivity index (χ2n) is 7.89. The molecule has 1 aliphatic heterocycles. The number of halogens is 6. The van der Waals surface area contributed by atoms with Gasteiger partial charge in [0, 0.05) is 5.69 Å². The molecule has 0 saturated carbocycles. The number of thioether (sulfide) groups is 1. The fourth-order valence-electron chi connectivity index (χ4n) is 3.49. The first-order valence-electron chi connectivity index (χ1n) is 11.1. The Morgan fingerprint density at radius 1 is 0.923 bits per heavy atom. The van der Waals surface area contributed by atoms with E-state index >= 15 is 0 Å². The third kappa shape index (κ3) is 7.19. The van der Waals surface area contributed by atoms with Gasteiger partial charge in [0.05, 0.1) is 17.0 Å². The highest BCUT2D eigenvalue weighted by molar-refractivity contribution is 8.14. The van der Waals surface area contributed by atoms with Gasteiger partial charge in [0.1, 0.15) is 11.4 Å². The first kappa shape index (κ1) is 27.8. The zero-order valence-electron chi connectivity index (χ0n) is 19.6. The molecule has 4 rings (SSSR count). The molecule has 39 heavy (non-hydrogen) atoms. The molecule has 0 bridgehead atoms. The van der Waals surface area contributed by atoms with Crippen LogP contribution in [0.15, 0.2) is 89.6 Å². The number of hydrogen-bond donors (Lipinski definition) is 1. The van der Waals surface area contributed by atoms with Crippen LogP contribution in [0.25, 0.3) is 6.08 Å². The first-order chi connectivity index (χ1) is 18.4. The average Bonchev–Trinajstić information content (AvgIpc) is 3.18. The molecule has 1 heterocycles. The number of para-hydroxylation sites is 1. The number of amidine groups is 1. The Kier molecular flexibility index (Phi) is 8.00. The second kappa shape index (κ2) is 11.2. The van der Waals surface area contributed by atoms with E-state index in [4.69, 9.17) is 0 Å². The molecular formula is C26H17F6N3O3S. The molecule has 202 valence electrons. The Bertz CT molecular complexity index is 1420. The van der Waals surface area contributed by atoms with E-state index in [0.29, 0.717) is 5.69 Å². The number of amides is 2. The van der Waals surface area contributed by atoms with Crippen molar-refractivity contribution in [3.8, 4) is 5.75 Å². The summed E-state index contributed by atoms with van der Waals surface area (Å²) in [4.78, 5) is 31.1. The molecule has 3 aromatic rings. The maximum Gasteiger partial charge on any atom is 0.573 e. The van der Waals surface area contributed by atoms with Gasteiger partial charge < -0.3 is 10.1 Å². The lowest BCUT2D eigenvalue weighted by atomic mass is 10.1. The van der Waals surface area contributed by atoms with Crippen molar-refractivity contribution in [3.63, 3.8) is 0 Å². The van der Waals surface area contributed by atoms with E-state index in [1.165, 1.54) is 35.2 Å². The summed E-state index contributed by atoms with van der Waals surface area (Å²) in [5.74, 6) is -1.96. The Morgan fingerprint density at radius 2 is 1.56 bits per heavy atom. The fourth-order valence-corrected chi connectivity index (χ4v) is 4.31. The summed E-state index contributed by atoms with van der Waals surface area (Å²) < 4.78 is 81.1. The number of aliphatic imine (C=N–C) groups is 1. The van der Waals surface area contributed by atoms with Crippen molar-refractivity contribution in [3.05, 3.63) is 95.7 Å². The summed E-state index contributed by atoms with van der Waals surface area (Å²) in [6.07, 6.45) is -8.46. The van der Waals surface area contributed by atoms with Crippen molar-refractivity contribution in [2.75, 3.05) is 16.0 Å². The van der Waals surface area contributed by atoms with E-state index in [9.17, 15) is 35.9 Å². The highest BCUT2D eigenvalue weighted by Crippen LogP contribution is 2.35. The smallest absolute Gasteiger partial charge is 0.406 e. The lowest BCUT2D eigenvalue weighted by Crippen LogP contribution is -2.31. The number of ether oxygens (including phenoxy) is 1. The Balaban J connectivity index is 1.53. The van der Waals surface area contributed by atoms with Crippen molar-refractivity contribution in [2.24, 2.45) is 4.99 Å². The standard InChI is InChI=1S/C26H17F6N3O3S/c27-25(28,29)20-9-5-4-6-16(20)14-21-23(37)35(18-7-2-1-3-8-18)24(34-21)39-15-22(36)33-17-10-12-19(13-11-17)38-26(30,31)32/h1-14H,15H2,(H,33,36). The SMILES string of the molecule is O=C(CSC1=NC(=Cc2ccccc2C(F)(F)F)C(=O)N1c1ccccc1)Nc1ccc(OC(F)(F)F)cc1. The molecule has 1 aliphatic rings. The van der Waals surface area contributed by atoms with E-state index in [1.807, 2.05) is 0 Å². The summed E-state index contributed by atoms with van der Waals surface area (Å²) in [5, 5.41) is 2.56. The third-order valence-corrected chi connectivity index (χ3v) is 6.04. The number of benzene rings is 3. The molecule has 0 fully saturated rings. The van der Waals surface area contributed by atoms with E-state index in [2.05, 4.69) is 15.0 Å². The van der Waals surface area contributed by atoms with Gasteiger partial charge in [-0.15, -0.1) is 13.2 Å². The normalized spacial score (nSPS) is 14.9. The number of rotatable bonds is 6. The van der Waals surface area contributed by atoms with Crippen LogP contribution in [0.5, 0.6) is 5.75 Å². The second-order valence-corrected chi connectivity index (χ2v) is 8.84. The Morgan fingerprint density at radius 3 is 2.21 bits per heavy atom. The maximum atomic E-state index is 13.5. The van der Waals surface area contributed by atoms with E-state index < -0.39 is 35.7 Å². The zero-order valence-corrected chi connectivity index (χ0v) is 20.4. The van der Waals surface area contributed by atoms with Gasteiger partial charge in [-0.3, -0.25) is 14.5 Å². The molecule has 2 amide bonds. The highest BCUT2D eigenvalue weighted by atomic mass is 32.2. The van der Waals surface area contributed by atoms with Crippen LogP contribution in [0, 0.1) is 0 Å². The van der Waals surface area contributed by atoms with Crippen LogP contribution < -0.4 is 15.0 Å². The molecule has 0 aliphatic carbocycles. The van der Waals surface area contributed by atoms with Gasteiger partial charge in [0.15, 0.2) is 5.17 Å². The van der Waals surface area contributed by atoms with Crippen LogP contribution in [0.2, 0.25) is 0 Å². The number of carbonyl (C=O) groups excluding carboxylic acids is 2.